The molecule has 138 valence electrons. The molecule has 0 amide bonds. The maximum Gasteiger partial charge on any atom is 0.265 e. The molecular formula is C17H20N3O5S+. The average Bonchev–Trinajstić information content (AvgIpc) is 3.08. The van der Waals surface area contributed by atoms with Crippen LogP contribution in [0.25, 0.3) is 0 Å². The average molecular weight is 378 g/mol. The molecule has 1 unspecified atom stereocenters. The predicted molar refractivity (Wildman–Crippen MR) is 95.0 cm³/mol. The molecule has 3 N–H and O–H groups in total. The molecule has 3 heterocycles. The fourth-order valence-electron chi connectivity index (χ4n) is 3.80. The van der Waals surface area contributed by atoms with Crippen molar-refractivity contribution < 1.29 is 24.2 Å². The molecule has 0 saturated carbocycles. The van der Waals surface area contributed by atoms with Crippen LogP contribution < -0.4 is 24.7 Å². The van der Waals surface area contributed by atoms with Crippen LogP contribution in [0.1, 0.15) is 22.7 Å². The Kier molecular flexibility index (Phi) is 3.92. The number of methoxy groups -OCH3 is 1. The summed E-state index contributed by atoms with van der Waals surface area (Å²) < 4.78 is 18.3. The number of ether oxygens (including phenoxy) is 3. The first-order chi connectivity index (χ1) is 12.4. The van der Waals surface area contributed by atoms with Crippen molar-refractivity contribution in [2.24, 2.45) is 7.05 Å². The number of aromatic nitrogens is 2. The van der Waals surface area contributed by atoms with Crippen molar-refractivity contribution >= 4 is 12.2 Å². The first kappa shape index (κ1) is 16.9. The van der Waals surface area contributed by atoms with Gasteiger partial charge in [0.2, 0.25) is 18.4 Å². The number of benzene rings is 1. The second-order valence-corrected chi connectivity index (χ2v) is 6.94. The van der Waals surface area contributed by atoms with Gasteiger partial charge < -0.3 is 24.2 Å². The van der Waals surface area contributed by atoms with Gasteiger partial charge in [0.1, 0.15) is 5.56 Å². The molecule has 4 rings (SSSR count). The zero-order valence-corrected chi connectivity index (χ0v) is 15.5. The van der Waals surface area contributed by atoms with E-state index < -0.39 is 11.6 Å². The normalized spacial score (nSPS) is 20.7. The van der Waals surface area contributed by atoms with Crippen LogP contribution in [0.4, 0.5) is 0 Å². The molecular weight excluding hydrogens is 358 g/mol. The summed E-state index contributed by atoms with van der Waals surface area (Å²) in [6.45, 7) is 0.923. The minimum absolute atomic E-state index is 0.132. The number of nitrogens with one attached hydrogen (secondary N) is 2. The van der Waals surface area contributed by atoms with Gasteiger partial charge in [0.05, 0.1) is 26.3 Å². The molecule has 0 fully saturated rings. The number of hydrogen-bond acceptors (Lipinski definition) is 6. The van der Waals surface area contributed by atoms with Crippen molar-refractivity contribution in [2.75, 3.05) is 27.5 Å². The Labute approximate surface area is 154 Å². The summed E-state index contributed by atoms with van der Waals surface area (Å²) in [5, 5.41) is 10.7. The lowest BCUT2D eigenvalue weighted by Gasteiger charge is -2.33. The van der Waals surface area contributed by atoms with E-state index in [1.807, 2.05) is 13.1 Å². The van der Waals surface area contributed by atoms with Crippen LogP contribution in [0.2, 0.25) is 0 Å². The Balaban J connectivity index is 2.03. The second kappa shape index (κ2) is 6.03. The number of quaternary nitrogens is 1. The predicted octanol–water partition coefficient (Wildman–Crippen LogP) is 0.0460. The van der Waals surface area contributed by atoms with E-state index in [1.54, 1.807) is 14.2 Å². The molecule has 0 radical (unpaired) electrons. The van der Waals surface area contributed by atoms with Crippen LogP contribution >= 0.6 is 12.2 Å². The lowest BCUT2D eigenvalue weighted by atomic mass is 9.87. The highest BCUT2D eigenvalue weighted by Crippen LogP contribution is 2.48. The summed E-state index contributed by atoms with van der Waals surface area (Å²) >= 11 is 5.09. The SMILES string of the molecule is COc1c2c(cc3c1[C@@H](c1c(O)n(C)c(=S)[nH]c1=O)[NH+](C)CC3)OCO2. The molecule has 2 aliphatic heterocycles. The molecule has 2 aromatic rings. The third-order valence-corrected chi connectivity index (χ3v) is 5.51. The molecule has 9 heteroatoms. The van der Waals surface area contributed by atoms with Crippen molar-refractivity contribution in [3.8, 4) is 23.1 Å². The molecule has 0 bridgehead atoms. The Hall–Kier alpha value is -2.52. The van der Waals surface area contributed by atoms with Gasteiger partial charge in [-0.2, -0.15) is 0 Å². The lowest BCUT2D eigenvalue weighted by Crippen LogP contribution is -3.10. The number of nitrogens with zero attached hydrogens (tertiary/aromatic N) is 1. The van der Waals surface area contributed by atoms with Gasteiger partial charge in [-0.25, -0.2) is 0 Å². The van der Waals surface area contributed by atoms with Gasteiger partial charge in [-0.15, -0.1) is 0 Å². The maximum atomic E-state index is 12.7. The maximum absolute atomic E-state index is 12.7. The van der Waals surface area contributed by atoms with E-state index in [0.29, 0.717) is 17.2 Å². The molecule has 0 aliphatic carbocycles. The molecule has 26 heavy (non-hydrogen) atoms. The third-order valence-electron chi connectivity index (χ3n) is 5.13. The van der Waals surface area contributed by atoms with E-state index in [-0.39, 0.29) is 23.0 Å². The topological polar surface area (TPSA) is 90.2 Å². The summed E-state index contributed by atoms with van der Waals surface area (Å²) in [5.41, 5.74) is 1.71. The summed E-state index contributed by atoms with van der Waals surface area (Å²) in [6, 6.07) is 1.51. The van der Waals surface area contributed by atoms with Gasteiger partial charge in [-0.1, -0.05) is 0 Å². The third kappa shape index (κ3) is 2.31. The fourth-order valence-corrected chi connectivity index (χ4v) is 3.98. The Morgan fingerprint density at radius 2 is 2.19 bits per heavy atom. The second-order valence-electron chi connectivity index (χ2n) is 6.55. The van der Waals surface area contributed by atoms with Crippen molar-refractivity contribution in [1.82, 2.24) is 9.55 Å². The largest absolute Gasteiger partial charge is 0.494 e. The van der Waals surface area contributed by atoms with Gasteiger partial charge in [0.25, 0.3) is 5.56 Å². The minimum atomic E-state index is -0.422. The van der Waals surface area contributed by atoms with Crippen LogP contribution in [0.3, 0.4) is 0 Å². The van der Waals surface area contributed by atoms with Crippen LogP contribution in [0.15, 0.2) is 10.9 Å². The molecule has 0 saturated heterocycles. The molecule has 2 atom stereocenters. The van der Waals surface area contributed by atoms with Gasteiger partial charge in [0.15, 0.2) is 22.3 Å². The van der Waals surface area contributed by atoms with E-state index in [4.69, 9.17) is 26.4 Å². The standard InChI is InChI=1S/C17H19N3O5S/c1-19-5-4-8-6-9-13(25-7-24-9)14(23-3)10(8)12(19)11-15(21)18-17(26)20(2)16(11)22/h6,12,22H,4-5,7H2,1-3H3,(H,18,21,26)/p+1/t12-/m0/s1. The van der Waals surface area contributed by atoms with Gasteiger partial charge in [0, 0.05) is 13.5 Å². The summed E-state index contributed by atoms with van der Waals surface area (Å²) in [6.07, 6.45) is 0.800. The molecule has 8 nitrogen and oxygen atoms in total. The minimum Gasteiger partial charge on any atom is -0.494 e. The first-order valence-corrected chi connectivity index (χ1v) is 8.68. The summed E-state index contributed by atoms with van der Waals surface area (Å²) in [4.78, 5) is 16.4. The van der Waals surface area contributed by atoms with E-state index in [9.17, 15) is 9.90 Å². The van der Waals surface area contributed by atoms with E-state index >= 15 is 0 Å². The zero-order valence-electron chi connectivity index (χ0n) is 14.7. The van der Waals surface area contributed by atoms with E-state index in [2.05, 4.69) is 4.98 Å². The monoisotopic (exact) mass is 378 g/mol. The smallest absolute Gasteiger partial charge is 0.265 e. The van der Waals surface area contributed by atoms with E-state index in [0.717, 1.165) is 29.0 Å². The van der Waals surface area contributed by atoms with Crippen molar-refractivity contribution in [3.05, 3.63) is 37.9 Å². The van der Waals surface area contributed by atoms with Crippen LogP contribution in [0.5, 0.6) is 23.1 Å². The van der Waals surface area contributed by atoms with Gasteiger partial charge in [-0.3, -0.25) is 14.3 Å². The quantitative estimate of drug-likeness (QED) is 0.640. The highest BCUT2D eigenvalue weighted by atomic mass is 32.1. The summed E-state index contributed by atoms with van der Waals surface area (Å²) in [7, 11) is 5.17. The first-order valence-electron chi connectivity index (χ1n) is 8.27. The van der Waals surface area contributed by atoms with Gasteiger partial charge in [-0.05, 0) is 23.8 Å². The zero-order chi connectivity index (χ0) is 18.6. The van der Waals surface area contributed by atoms with Crippen molar-refractivity contribution in [3.63, 3.8) is 0 Å². The number of likely N-dealkylation sites (N-methyl/N-ethyl adjacent to an activating group) is 1. The fraction of sp³-hybridized carbons (Fsp3) is 0.412. The van der Waals surface area contributed by atoms with Crippen molar-refractivity contribution in [1.29, 1.82) is 0 Å². The lowest BCUT2D eigenvalue weighted by molar-refractivity contribution is -0.908. The van der Waals surface area contributed by atoms with Crippen LogP contribution in [-0.4, -0.2) is 42.2 Å². The number of aromatic hydroxyl groups is 1. The van der Waals surface area contributed by atoms with Crippen LogP contribution in [-0.2, 0) is 13.5 Å². The molecule has 2 aliphatic rings. The number of hydrogen-bond donors (Lipinski definition) is 3. The van der Waals surface area contributed by atoms with Gasteiger partial charge >= 0.3 is 0 Å². The number of aromatic amines is 1. The molecule has 1 aromatic carbocycles. The highest BCUT2D eigenvalue weighted by Gasteiger charge is 2.40. The van der Waals surface area contributed by atoms with Crippen molar-refractivity contribution in [2.45, 2.75) is 12.5 Å². The summed E-state index contributed by atoms with van der Waals surface area (Å²) in [5.74, 6) is 1.58. The van der Waals surface area contributed by atoms with Crippen LogP contribution in [0, 0.1) is 4.77 Å². The number of H-pyrrole nitrogens is 1. The van der Waals surface area contributed by atoms with E-state index in [1.165, 1.54) is 4.57 Å². The Morgan fingerprint density at radius 3 is 2.92 bits per heavy atom. The molecule has 1 aromatic heterocycles. The number of rotatable bonds is 2. The molecule has 0 spiro atoms. The Morgan fingerprint density at radius 1 is 1.42 bits per heavy atom. The number of fused-ring (bicyclic) bond motifs is 2. The Bertz CT molecular complexity index is 1010. The highest BCUT2D eigenvalue weighted by molar-refractivity contribution is 7.71.